The van der Waals surface area contributed by atoms with E-state index in [0.717, 1.165) is 28.1 Å². The Morgan fingerprint density at radius 1 is 1.07 bits per heavy atom. The number of aromatic hydroxyl groups is 1. The fourth-order valence-corrected chi connectivity index (χ4v) is 4.66. The van der Waals surface area contributed by atoms with Gasteiger partial charge in [0.15, 0.2) is 0 Å². The van der Waals surface area contributed by atoms with Crippen LogP contribution in [0.25, 0.3) is 16.8 Å². The van der Waals surface area contributed by atoms with Crippen molar-refractivity contribution in [3.05, 3.63) is 80.1 Å². The van der Waals surface area contributed by atoms with E-state index in [0.29, 0.717) is 15.1 Å². The van der Waals surface area contributed by atoms with Crippen molar-refractivity contribution in [1.82, 2.24) is 4.90 Å². The second-order valence-electron chi connectivity index (χ2n) is 6.27. The summed E-state index contributed by atoms with van der Waals surface area (Å²) in [7, 11) is 0. The zero-order valence-electron chi connectivity index (χ0n) is 14.4. The summed E-state index contributed by atoms with van der Waals surface area (Å²) in [4.78, 5) is 26.6. The number of nitrogens with zero attached hydrogens (tertiary/aromatic N) is 1. The van der Waals surface area contributed by atoms with Gasteiger partial charge in [0.2, 0.25) is 0 Å². The van der Waals surface area contributed by atoms with E-state index >= 15 is 0 Å². The van der Waals surface area contributed by atoms with E-state index in [-0.39, 0.29) is 22.4 Å². The number of hydrogen-bond acceptors (Lipinski definition) is 4. The van der Waals surface area contributed by atoms with E-state index in [4.69, 9.17) is 11.6 Å². The highest BCUT2D eigenvalue weighted by atomic mass is 79.9. The van der Waals surface area contributed by atoms with Crippen molar-refractivity contribution >= 4 is 67.3 Å². The Morgan fingerprint density at radius 2 is 1.82 bits per heavy atom. The van der Waals surface area contributed by atoms with Crippen molar-refractivity contribution in [2.75, 3.05) is 0 Å². The lowest BCUT2D eigenvalue weighted by Gasteiger charge is -2.13. The first-order valence-electron chi connectivity index (χ1n) is 8.33. The summed E-state index contributed by atoms with van der Waals surface area (Å²) in [6.07, 6.45) is 1.48. The molecule has 2 amide bonds. The second-order valence-corrected chi connectivity index (χ2v) is 8.56. The standard InChI is InChI=1S/C21H13BrClNO3S/c22-17-10-16(23)8-15(19(17)25)9-18-20(26)24(21(27)28-18)11-12-5-6-13-3-1-2-4-14(13)7-12/h1-10,25H,11H2/b18-9-. The maximum absolute atomic E-state index is 12.8. The van der Waals surface area contributed by atoms with Gasteiger partial charge in [0.1, 0.15) is 5.75 Å². The Labute approximate surface area is 178 Å². The average molecular weight is 475 g/mol. The number of fused-ring (bicyclic) bond motifs is 1. The summed E-state index contributed by atoms with van der Waals surface area (Å²) in [5, 5.41) is 12.4. The molecular weight excluding hydrogens is 462 g/mol. The van der Waals surface area contributed by atoms with Gasteiger partial charge in [-0.1, -0.05) is 48.0 Å². The van der Waals surface area contributed by atoms with Gasteiger partial charge in [-0.2, -0.15) is 0 Å². The molecule has 140 valence electrons. The minimum absolute atomic E-state index is 0.0364. The van der Waals surface area contributed by atoms with E-state index in [9.17, 15) is 14.7 Å². The molecule has 0 aromatic heterocycles. The van der Waals surface area contributed by atoms with Gasteiger partial charge in [-0.15, -0.1) is 0 Å². The molecule has 0 saturated carbocycles. The van der Waals surface area contributed by atoms with Crippen LogP contribution in [-0.4, -0.2) is 21.2 Å². The number of benzene rings is 3. The summed E-state index contributed by atoms with van der Waals surface area (Å²) in [6, 6.07) is 16.9. The maximum atomic E-state index is 12.8. The van der Waals surface area contributed by atoms with E-state index in [1.807, 2.05) is 42.5 Å². The van der Waals surface area contributed by atoms with Crippen LogP contribution in [-0.2, 0) is 11.3 Å². The molecular formula is C21H13BrClNO3S. The monoisotopic (exact) mass is 473 g/mol. The van der Waals surface area contributed by atoms with E-state index in [2.05, 4.69) is 15.9 Å². The Morgan fingerprint density at radius 3 is 2.61 bits per heavy atom. The Bertz CT molecular complexity index is 1160. The normalized spacial score (nSPS) is 15.8. The van der Waals surface area contributed by atoms with Crippen molar-refractivity contribution in [2.24, 2.45) is 0 Å². The highest BCUT2D eigenvalue weighted by molar-refractivity contribution is 9.10. The summed E-state index contributed by atoms with van der Waals surface area (Å²) >= 11 is 10.1. The van der Waals surface area contributed by atoms with Crippen LogP contribution in [0.1, 0.15) is 11.1 Å². The molecule has 1 fully saturated rings. The van der Waals surface area contributed by atoms with Crippen molar-refractivity contribution in [1.29, 1.82) is 0 Å². The molecule has 3 aromatic rings. The van der Waals surface area contributed by atoms with E-state index in [1.165, 1.54) is 11.0 Å². The number of carbonyl (C=O) groups excluding carboxylic acids is 2. The Kier molecular flexibility index (Phi) is 5.19. The van der Waals surface area contributed by atoms with Crippen LogP contribution in [0, 0.1) is 0 Å². The third-order valence-corrected chi connectivity index (χ3v) is 6.10. The predicted octanol–water partition coefficient (Wildman–Crippen LogP) is 6.20. The number of amides is 2. The lowest BCUT2D eigenvalue weighted by atomic mass is 10.1. The molecule has 0 radical (unpaired) electrons. The molecule has 1 saturated heterocycles. The first-order chi connectivity index (χ1) is 13.4. The van der Waals surface area contributed by atoms with Crippen LogP contribution >= 0.6 is 39.3 Å². The van der Waals surface area contributed by atoms with Gasteiger partial charge in [0, 0.05) is 10.6 Å². The maximum Gasteiger partial charge on any atom is 0.293 e. The molecule has 0 aliphatic carbocycles. The van der Waals surface area contributed by atoms with Gasteiger partial charge in [0.25, 0.3) is 11.1 Å². The first kappa shape index (κ1) is 19.1. The molecule has 3 aromatic carbocycles. The van der Waals surface area contributed by atoms with Crippen LogP contribution in [0.4, 0.5) is 4.79 Å². The summed E-state index contributed by atoms with van der Waals surface area (Å²) in [5.41, 5.74) is 1.24. The van der Waals surface area contributed by atoms with Crippen LogP contribution < -0.4 is 0 Å². The van der Waals surface area contributed by atoms with Crippen molar-refractivity contribution in [3.8, 4) is 5.75 Å². The third kappa shape index (κ3) is 3.68. The molecule has 4 nitrogen and oxygen atoms in total. The number of phenols is 1. The summed E-state index contributed by atoms with van der Waals surface area (Å²) in [6.45, 7) is 0.193. The van der Waals surface area contributed by atoms with Crippen molar-refractivity contribution in [2.45, 2.75) is 6.54 Å². The van der Waals surface area contributed by atoms with E-state index in [1.54, 1.807) is 12.1 Å². The SMILES string of the molecule is O=C1S/C(=C\c2cc(Cl)cc(Br)c2O)C(=O)N1Cc1ccc2ccccc2c1. The molecule has 1 heterocycles. The Hall–Kier alpha value is -2.28. The van der Waals surface area contributed by atoms with Crippen LogP contribution in [0.2, 0.25) is 5.02 Å². The van der Waals surface area contributed by atoms with Gasteiger partial charge >= 0.3 is 0 Å². The minimum Gasteiger partial charge on any atom is -0.506 e. The molecule has 0 unspecified atom stereocenters. The highest BCUT2D eigenvalue weighted by Gasteiger charge is 2.35. The number of thioether (sulfide) groups is 1. The molecule has 0 spiro atoms. The molecule has 0 atom stereocenters. The van der Waals surface area contributed by atoms with Crippen molar-refractivity contribution < 1.29 is 14.7 Å². The van der Waals surface area contributed by atoms with E-state index < -0.39 is 5.91 Å². The predicted molar refractivity (Wildman–Crippen MR) is 116 cm³/mol. The number of halogens is 2. The number of rotatable bonds is 3. The quantitative estimate of drug-likeness (QED) is 0.459. The lowest BCUT2D eigenvalue weighted by Crippen LogP contribution is -2.27. The highest BCUT2D eigenvalue weighted by Crippen LogP contribution is 2.38. The summed E-state index contributed by atoms with van der Waals surface area (Å²) in [5.74, 6) is -0.426. The van der Waals surface area contributed by atoms with Crippen LogP contribution in [0.15, 0.2) is 64.0 Å². The van der Waals surface area contributed by atoms with Gasteiger partial charge in [0.05, 0.1) is 15.9 Å². The topological polar surface area (TPSA) is 57.6 Å². The molecule has 1 aliphatic heterocycles. The second kappa shape index (κ2) is 7.62. The number of carbonyl (C=O) groups is 2. The molecule has 28 heavy (non-hydrogen) atoms. The number of imide groups is 1. The number of phenolic OH excluding ortho intramolecular Hbond substituents is 1. The van der Waals surface area contributed by atoms with Crippen molar-refractivity contribution in [3.63, 3.8) is 0 Å². The Balaban J connectivity index is 1.62. The molecule has 1 N–H and O–H groups in total. The fraction of sp³-hybridized carbons (Fsp3) is 0.0476. The molecule has 0 bridgehead atoms. The fourth-order valence-electron chi connectivity index (χ4n) is 2.99. The summed E-state index contributed by atoms with van der Waals surface area (Å²) < 4.78 is 0.418. The first-order valence-corrected chi connectivity index (χ1v) is 10.3. The lowest BCUT2D eigenvalue weighted by molar-refractivity contribution is -0.123. The number of hydrogen-bond donors (Lipinski definition) is 1. The molecule has 4 rings (SSSR count). The van der Waals surface area contributed by atoms with Gasteiger partial charge in [-0.25, -0.2) is 0 Å². The average Bonchev–Trinajstić information content (AvgIpc) is 2.93. The van der Waals surface area contributed by atoms with Gasteiger partial charge in [-0.05, 0) is 68.3 Å². The minimum atomic E-state index is -0.390. The van der Waals surface area contributed by atoms with Gasteiger partial charge < -0.3 is 5.11 Å². The largest absolute Gasteiger partial charge is 0.506 e. The van der Waals surface area contributed by atoms with Gasteiger partial charge in [-0.3, -0.25) is 14.5 Å². The molecule has 7 heteroatoms. The third-order valence-electron chi connectivity index (χ3n) is 4.37. The molecule has 1 aliphatic rings. The zero-order valence-corrected chi connectivity index (χ0v) is 17.5. The zero-order chi connectivity index (χ0) is 19.8. The van der Waals surface area contributed by atoms with Crippen LogP contribution in [0.5, 0.6) is 5.75 Å². The smallest absolute Gasteiger partial charge is 0.293 e. The van der Waals surface area contributed by atoms with Crippen LogP contribution in [0.3, 0.4) is 0 Å².